The molecule has 0 unspecified atom stereocenters. The van der Waals surface area contributed by atoms with E-state index in [-0.39, 0.29) is 5.91 Å². The Hall–Kier alpha value is -1.92. The fourth-order valence-corrected chi connectivity index (χ4v) is 3.66. The zero-order valence-electron chi connectivity index (χ0n) is 9.51. The molecule has 0 atom stereocenters. The summed E-state index contributed by atoms with van der Waals surface area (Å²) in [5.41, 5.74) is 0.317. The minimum Gasteiger partial charge on any atom is -0.505 e. The van der Waals surface area contributed by atoms with Crippen molar-refractivity contribution in [3.8, 4) is 5.75 Å². The second kappa shape index (κ2) is 4.64. The van der Waals surface area contributed by atoms with E-state index in [0.29, 0.717) is 10.6 Å². The fraction of sp³-hybridized carbons (Fsp3) is 0. The molecule has 0 aliphatic carbocycles. The van der Waals surface area contributed by atoms with Crippen molar-refractivity contribution in [2.24, 2.45) is 0 Å². The van der Waals surface area contributed by atoms with Gasteiger partial charge in [-0.2, -0.15) is 0 Å². The second-order valence-electron chi connectivity index (χ2n) is 3.88. The lowest BCUT2D eigenvalue weighted by Gasteiger charge is -2.04. The van der Waals surface area contributed by atoms with Gasteiger partial charge in [0.25, 0.3) is 5.91 Å². The number of fused-ring (bicyclic) bond motifs is 1. The van der Waals surface area contributed by atoms with E-state index in [1.54, 1.807) is 11.3 Å². The number of benzene rings is 1. The van der Waals surface area contributed by atoms with Crippen molar-refractivity contribution in [1.29, 1.82) is 0 Å². The van der Waals surface area contributed by atoms with Gasteiger partial charge in [-0.3, -0.25) is 4.79 Å². The molecule has 0 saturated carbocycles. The molecule has 6 heteroatoms. The van der Waals surface area contributed by atoms with Crippen LogP contribution >= 0.6 is 22.7 Å². The molecule has 2 heterocycles. The Labute approximate surface area is 115 Å². The number of rotatable bonds is 2. The van der Waals surface area contributed by atoms with E-state index in [2.05, 4.69) is 5.32 Å². The van der Waals surface area contributed by atoms with Gasteiger partial charge in [-0.15, -0.1) is 22.7 Å². The van der Waals surface area contributed by atoms with Crippen molar-refractivity contribution in [2.75, 3.05) is 5.32 Å². The number of phenolic OH excluding ortho intramolecular Hbond substituents is 1. The Bertz CT molecular complexity index is 734. The predicted octanol–water partition coefficient (Wildman–Crippen LogP) is 4.06. The van der Waals surface area contributed by atoms with Gasteiger partial charge >= 0.3 is 0 Å². The molecule has 0 spiro atoms. The highest BCUT2D eigenvalue weighted by Gasteiger charge is 2.12. The molecule has 0 aliphatic rings. The van der Waals surface area contributed by atoms with Crippen LogP contribution in [0.15, 0.2) is 35.7 Å². The Morgan fingerprint density at radius 2 is 2.05 bits per heavy atom. The van der Waals surface area contributed by atoms with Crippen LogP contribution in [0.1, 0.15) is 9.67 Å². The average Bonchev–Trinajstić information content (AvgIpc) is 2.94. The van der Waals surface area contributed by atoms with E-state index < -0.39 is 11.6 Å². The molecule has 2 N–H and O–H groups in total. The summed E-state index contributed by atoms with van der Waals surface area (Å²) in [6.07, 6.45) is 0. The third-order valence-corrected chi connectivity index (χ3v) is 4.66. The molecule has 0 fully saturated rings. The van der Waals surface area contributed by atoms with Crippen LogP contribution < -0.4 is 5.32 Å². The number of hydrogen-bond acceptors (Lipinski definition) is 4. The van der Waals surface area contributed by atoms with Gasteiger partial charge in [-0.25, -0.2) is 4.39 Å². The summed E-state index contributed by atoms with van der Waals surface area (Å²) in [6.45, 7) is 0. The molecule has 0 bridgehead atoms. The summed E-state index contributed by atoms with van der Waals surface area (Å²) in [5.74, 6) is -1.47. The van der Waals surface area contributed by atoms with Crippen molar-refractivity contribution in [1.82, 2.24) is 0 Å². The zero-order chi connectivity index (χ0) is 13.4. The van der Waals surface area contributed by atoms with Crippen LogP contribution in [0.3, 0.4) is 0 Å². The molecule has 3 rings (SSSR count). The number of hydrogen-bond donors (Lipinski definition) is 2. The third kappa shape index (κ3) is 2.32. The largest absolute Gasteiger partial charge is 0.505 e. The number of nitrogens with one attached hydrogen (secondary N) is 1. The smallest absolute Gasteiger partial charge is 0.265 e. The maximum absolute atomic E-state index is 13.2. The number of anilines is 1. The number of phenols is 1. The van der Waals surface area contributed by atoms with Crippen LogP contribution in [0.25, 0.3) is 9.40 Å². The van der Waals surface area contributed by atoms with Crippen LogP contribution in [-0.4, -0.2) is 11.0 Å². The first-order chi connectivity index (χ1) is 9.13. The highest BCUT2D eigenvalue weighted by atomic mass is 32.1. The summed E-state index contributed by atoms with van der Waals surface area (Å²) < 4.78 is 15.3. The van der Waals surface area contributed by atoms with Crippen molar-refractivity contribution in [3.63, 3.8) is 0 Å². The van der Waals surface area contributed by atoms with Crippen LogP contribution in [0.5, 0.6) is 5.75 Å². The lowest BCUT2D eigenvalue weighted by molar-refractivity contribution is 0.103. The molecular weight excluding hydrogens is 285 g/mol. The zero-order valence-corrected chi connectivity index (χ0v) is 11.1. The van der Waals surface area contributed by atoms with Gasteiger partial charge in [0.1, 0.15) is 0 Å². The number of amides is 1. The Morgan fingerprint density at radius 3 is 2.79 bits per heavy atom. The highest BCUT2D eigenvalue weighted by molar-refractivity contribution is 7.27. The maximum Gasteiger partial charge on any atom is 0.265 e. The standard InChI is InChI=1S/C13H8FNO2S2/c14-8-5-7(1-2-9(8)16)15-13(17)12-6-11-10(19-12)3-4-18-11/h1-6,16H,(H,15,17). The van der Waals surface area contributed by atoms with Crippen molar-refractivity contribution >= 4 is 43.7 Å². The first kappa shape index (κ1) is 12.1. The van der Waals surface area contributed by atoms with Gasteiger partial charge in [0.15, 0.2) is 11.6 Å². The molecule has 3 nitrogen and oxygen atoms in total. The monoisotopic (exact) mass is 293 g/mol. The van der Waals surface area contributed by atoms with E-state index in [1.165, 1.54) is 23.5 Å². The highest BCUT2D eigenvalue weighted by Crippen LogP contribution is 2.30. The van der Waals surface area contributed by atoms with Crippen LogP contribution in [0.2, 0.25) is 0 Å². The Morgan fingerprint density at radius 1 is 1.21 bits per heavy atom. The Balaban J connectivity index is 1.84. The van der Waals surface area contributed by atoms with E-state index in [9.17, 15) is 9.18 Å². The van der Waals surface area contributed by atoms with Gasteiger partial charge in [0.2, 0.25) is 0 Å². The molecule has 3 aromatic rings. The van der Waals surface area contributed by atoms with Crippen molar-refractivity contribution < 1.29 is 14.3 Å². The third-order valence-electron chi connectivity index (χ3n) is 2.57. The van der Waals surface area contributed by atoms with Gasteiger partial charge in [0.05, 0.1) is 4.88 Å². The van der Waals surface area contributed by atoms with Gasteiger partial charge in [-0.05, 0) is 29.6 Å². The summed E-state index contributed by atoms with van der Waals surface area (Å²) >= 11 is 2.97. The van der Waals surface area contributed by atoms with E-state index >= 15 is 0 Å². The summed E-state index contributed by atoms with van der Waals surface area (Å²) in [7, 11) is 0. The average molecular weight is 293 g/mol. The lowest BCUT2D eigenvalue weighted by atomic mass is 10.3. The first-order valence-electron chi connectivity index (χ1n) is 5.40. The van der Waals surface area contributed by atoms with Crippen LogP contribution in [-0.2, 0) is 0 Å². The molecule has 1 aromatic carbocycles. The molecule has 96 valence electrons. The minimum atomic E-state index is -0.759. The SMILES string of the molecule is O=C(Nc1ccc(O)c(F)c1)c1cc2sccc2s1. The molecule has 0 aliphatic heterocycles. The number of halogens is 1. The normalized spacial score (nSPS) is 10.8. The molecule has 19 heavy (non-hydrogen) atoms. The summed E-state index contributed by atoms with van der Waals surface area (Å²) in [6, 6.07) is 7.52. The predicted molar refractivity (Wildman–Crippen MR) is 75.7 cm³/mol. The van der Waals surface area contributed by atoms with E-state index in [0.717, 1.165) is 15.5 Å². The van der Waals surface area contributed by atoms with E-state index in [1.807, 2.05) is 17.5 Å². The number of thiophene rings is 2. The molecule has 0 radical (unpaired) electrons. The fourth-order valence-electron chi connectivity index (χ4n) is 1.66. The lowest BCUT2D eigenvalue weighted by Crippen LogP contribution is -2.10. The first-order valence-corrected chi connectivity index (χ1v) is 7.10. The number of carbonyl (C=O) groups is 1. The summed E-state index contributed by atoms with van der Waals surface area (Å²) in [4.78, 5) is 12.6. The van der Waals surface area contributed by atoms with Crippen molar-refractivity contribution in [3.05, 3.63) is 46.4 Å². The van der Waals surface area contributed by atoms with E-state index in [4.69, 9.17) is 5.11 Å². The minimum absolute atomic E-state index is 0.279. The quantitative estimate of drug-likeness (QED) is 0.700. The number of carbonyl (C=O) groups excluding carboxylic acids is 1. The molecule has 2 aromatic heterocycles. The second-order valence-corrected chi connectivity index (χ2v) is 5.91. The molecule has 0 saturated heterocycles. The Kier molecular flexibility index (Phi) is 2.96. The molecule has 1 amide bonds. The van der Waals surface area contributed by atoms with Gasteiger partial charge in [0, 0.05) is 21.2 Å². The van der Waals surface area contributed by atoms with Gasteiger partial charge < -0.3 is 10.4 Å². The number of aromatic hydroxyl groups is 1. The van der Waals surface area contributed by atoms with Crippen LogP contribution in [0, 0.1) is 5.82 Å². The molecular formula is C13H8FNO2S2. The summed E-state index contributed by atoms with van der Waals surface area (Å²) in [5, 5.41) is 13.7. The maximum atomic E-state index is 13.2. The topological polar surface area (TPSA) is 49.3 Å². The van der Waals surface area contributed by atoms with Crippen LogP contribution in [0.4, 0.5) is 10.1 Å². The van der Waals surface area contributed by atoms with Gasteiger partial charge in [-0.1, -0.05) is 0 Å². The van der Waals surface area contributed by atoms with Crippen molar-refractivity contribution in [2.45, 2.75) is 0 Å².